The van der Waals surface area contributed by atoms with E-state index in [0.717, 1.165) is 18.4 Å². The molecule has 1 aliphatic carbocycles. The van der Waals surface area contributed by atoms with Crippen molar-refractivity contribution < 1.29 is 0 Å². The molecule has 0 radical (unpaired) electrons. The molecule has 0 aliphatic heterocycles. The lowest BCUT2D eigenvalue weighted by atomic mass is 10.2. The normalized spacial score (nSPS) is 14.9. The Morgan fingerprint density at radius 1 is 1.33 bits per heavy atom. The highest BCUT2D eigenvalue weighted by Crippen LogP contribution is 2.33. The average molecular weight is 264 g/mol. The van der Waals surface area contributed by atoms with Crippen LogP contribution in [-0.2, 0) is 6.54 Å². The van der Waals surface area contributed by atoms with Crippen LogP contribution in [0.4, 0.5) is 5.69 Å². The molecule has 0 bridgehead atoms. The third-order valence-corrected chi connectivity index (χ3v) is 3.58. The third-order valence-electron chi connectivity index (χ3n) is 3.23. The highest BCUT2D eigenvalue weighted by atomic mass is 35.5. The molecule has 0 unspecified atom stereocenters. The predicted molar refractivity (Wildman–Crippen MR) is 71.9 cm³/mol. The Balaban J connectivity index is 1.90. The quantitative estimate of drug-likeness (QED) is 0.864. The minimum Gasteiger partial charge on any atom is -0.399 e. The molecule has 2 aromatic rings. The Morgan fingerprint density at radius 2 is 2.11 bits per heavy atom. The van der Waals surface area contributed by atoms with Gasteiger partial charge in [0, 0.05) is 29.1 Å². The molecular formula is C13H14ClN3O. The molecule has 0 atom stereocenters. The molecule has 1 fully saturated rings. The average Bonchev–Trinajstić information content (AvgIpc) is 3.10. The maximum atomic E-state index is 12.1. The van der Waals surface area contributed by atoms with Gasteiger partial charge in [-0.05, 0) is 30.5 Å². The van der Waals surface area contributed by atoms with Gasteiger partial charge in [-0.3, -0.25) is 9.13 Å². The third kappa shape index (κ3) is 2.04. The van der Waals surface area contributed by atoms with Crippen molar-refractivity contribution in [1.29, 1.82) is 0 Å². The van der Waals surface area contributed by atoms with Crippen molar-refractivity contribution in [2.45, 2.75) is 25.4 Å². The zero-order valence-electron chi connectivity index (χ0n) is 9.84. The van der Waals surface area contributed by atoms with Gasteiger partial charge >= 0.3 is 5.69 Å². The number of nitrogens with zero attached hydrogens (tertiary/aromatic N) is 2. The van der Waals surface area contributed by atoms with Crippen LogP contribution in [0.2, 0.25) is 5.02 Å². The Hall–Kier alpha value is -1.68. The summed E-state index contributed by atoms with van der Waals surface area (Å²) in [5.74, 6) is 0. The number of hydrogen-bond donors (Lipinski definition) is 1. The molecule has 2 N–H and O–H groups in total. The number of anilines is 1. The summed E-state index contributed by atoms with van der Waals surface area (Å²) in [5, 5.41) is 0.598. The lowest BCUT2D eigenvalue weighted by Gasteiger charge is -2.05. The number of aromatic nitrogens is 2. The molecule has 18 heavy (non-hydrogen) atoms. The molecule has 4 nitrogen and oxygen atoms in total. The van der Waals surface area contributed by atoms with Gasteiger partial charge in [-0.25, -0.2) is 4.79 Å². The van der Waals surface area contributed by atoms with Gasteiger partial charge < -0.3 is 5.73 Å². The molecule has 0 amide bonds. The minimum atomic E-state index is 0.0328. The molecular weight excluding hydrogens is 250 g/mol. The first kappa shape index (κ1) is 11.4. The second kappa shape index (κ2) is 4.21. The molecule has 1 saturated carbocycles. The fourth-order valence-corrected chi connectivity index (χ4v) is 2.30. The largest absolute Gasteiger partial charge is 0.399 e. The van der Waals surface area contributed by atoms with E-state index in [2.05, 4.69) is 0 Å². The molecule has 1 aliphatic rings. The van der Waals surface area contributed by atoms with Gasteiger partial charge in [-0.2, -0.15) is 0 Å². The van der Waals surface area contributed by atoms with Gasteiger partial charge in [0.15, 0.2) is 0 Å². The zero-order chi connectivity index (χ0) is 12.7. The second-order valence-electron chi connectivity index (χ2n) is 4.70. The highest BCUT2D eigenvalue weighted by molar-refractivity contribution is 6.31. The van der Waals surface area contributed by atoms with E-state index in [0.29, 0.717) is 23.3 Å². The summed E-state index contributed by atoms with van der Waals surface area (Å²) in [6.07, 6.45) is 5.87. The topological polar surface area (TPSA) is 52.9 Å². The first-order valence-electron chi connectivity index (χ1n) is 5.96. The van der Waals surface area contributed by atoms with E-state index in [1.165, 1.54) is 0 Å². The molecule has 0 spiro atoms. The Kier molecular flexibility index (Phi) is 2.67. The monoisotopic (exact) mass is 263 g/mol. The Bertz CT molecular complexity index is 640. The van der Waals surface area contributed by atoms with Crippen LogP contribution in [-0.4, -0.2) is 9.13 Å². The summed E-state index contributed by atoms with van der Waals surface area (Å²) in [7, 11) is 0. The van der Waals surface area contributed by atoms with Gasteiger partial charge in [-0.15, -0.1) is 0 Å². The van der Waals surface area contributed by atoms with Crippen molar-refractivity contribution in [3.05, 3.63) is 51.7 Å². The molecule has 1 aromatic carbocycles. The summed E-state index contributed by atoms with van der Waals surface area (Å²) in [6, 6.07) is 5.77. The lowest BCUT2D eigenvalue weighted by molar-refractivity contribution is 0.656. The summed E-state index contributed by atoms with van der Waals surface area (Å²) >= 11 is 6.11. The summed E-state index contributed by atoms with van der Waals surface area (Å²) in [4.78, 5) is 12.1. The number of imidazole rings is 1. The van der Waals surface area contributed by atoms with Crippen molar-refractivity contribution in [2.24, 2.45) is 0 Å². The van der Waals surface area contributed by atoms with Crippen LogP contribution in [0.3, 0.4) is 0 Å². The van der Waals surface area contributed by atoms with Crippen molar-refractivity contribution in [1.82, 2.24) is 9.13 Å². The van der Waals surface area contributed by atoms with E-state index in [1.807, 2.05) is 18.5 Å². The van der Waals surface area contributed by atoms with Crippen LogP contribution in [0.15, 0.2) is 35.4 Å². The predicted octanol–water partition coefficient (Wildman–Crippen LogP) is 2.27. The van der Waals surface area contributed by atoms with Crippen LogP contribution in [0.1, 0.15) is 24.4 Å². The zero-order valence-corrected chi connectivity index (χ0v) is 10.6. The summed E-state index contributed by atoms with van der Waals surface area (Å²) in [6.45, 7) is 0.484. The number of halogens is 1. The van der Waals surface area contributed by atoms with Crippen molar-refractivity contribution in [2.75, 3.05) is 5.73 Å². The fraction of sp³-hybridized carbons (Fsp3) is 0.308. The van der Waals surface area contributed by atoms with Gasteiger partial charge in [0.2, 0.25) is 0 Å². The van der Waals surface area contributed by atoms with Gasteiger partial charge in [0.25, 0.3) is 0 Å². The maximum absolute atomic E-state index is 12.1. The summed E-state index contributed by atoms with van der Waals surface area (Å²) in [5.41, 5.74) is 7.21. The van der Waals surface area contributed by atoms with Crippen LogP contribution < -0.4 is 11.4 Å². The molecule has 94 valence electrons. The highest BCUT2D eigenvalue weighted by Gasteiger charge is 2.25. The SMILES string of the molecule is Nc1ccc(Cn2ccn(C3CC3)c2=O)c(Cl)c1. The fourth-order valence-electron chi connectivity index (χ4n) is 2.05. The molecule has 1 heterocycles. The molecule has 0 saturated heterocycles. The second-order valence-corrected chi connectivity index (χ2v) is 5.11. The molecule has 5 heteroatoms. The van der Waals surface area contributed by atoms with Crippen molar-refractivity contribution in [3.8, 4) is 0 Å². The summed E-state index contributed by atoms with van der Waals surface area (Å²) < 4.78 is 3.47. The Labute approximate surface area is 110 Å². The van der Waals surface area contributed by atoms with Crippen LogP contribution in [0.5, 0.6) is 0 Å². The Morgan fingerprint density at radius 3 is 2.78 bits per heavy atom. The number of nitrogen functional groups attached to an aromatic ring is 1. The molecule has 3 rings (SSSR count). The smallest absolute Gasteiger partial charge is 0.328 e. The number of nitrogens with two attached hydrogens (primary N) is 1. The van der Waals surface area contributed by atoms with E-state index in [4.69, 9.17) is 17.3 Å². The first-order valence-corrected chi connectivity index (χ1v) is 6.34. The lowest BCUT2D eigenvalue weighted by Crippen LogP contribution is -2.23. The van der Waals surface area contributed by atoms with Crippen LogP contribution in [0.25, 0.3) is 0 Å². The number of benzene rings is 1. The van der Waals surface area contributed by atoms with Crippen molar-refractivity contribution in [3.63, 3.8) is 0 Å². The molecule has 1 aromatic heterocycles. The van der Waals surface area contributed by atoms with Gasteiger partial charge in [0.05, 0.1) is 6.54 Å². The van der Waals surface area contributed by atoms with E-state index >= 15 is 0 Å². The van der Waals surface area contributed by atoms with Crippen LogP contribution in [0, 0.1) is 0 Å². The number of hydrogen-bond acceptors (Lipinski definition) is 2. The minimum absolute atomic E-state index is 0.0328. The standard InChI is InChI=1S/C13H14ClN3O/c14-12-7-10(15)2-1-9(12)8-16-5-6-17(13(16)18)11-3-4-11/h1-2,5-7,11H,3-4,8,15H2. The van der Waals surface area contributed by atoms with Gasteiger partial charge in [0.1, 0.15) is 0 Å². The maximum Gasteiger partial charge on any atom is 0.328 e. The first-order chi connectivity index (χ1) is 8.65. The van der Waals surface area contributed by atoms with Crippen molar-refractivity contribution >= 4 is 17.3 Å². The van der Waals surface area contributed by atoms with Crippen LogP contribution >= 0.6 is 11.6 Å². The van der Waals surface area contributed by atoms with E-state index < -0.39 is 0 Å². The van der Waals surface area contributed by atoms with E-state index in [-0.39, 0.29) is 5.69 Å². The number of rotatable bonds is 3. The van der Waals surface area contributed by atoms with Gasteiger partial charge in [-0.1, -0.05) is 17.7 Å². The van der Waals surface area contributed by atoms with E-state index in [1.54, 1.807) is 21.3 Å². The van der Waals surface area contributed by atoms with E-state index in [9.17, 15) is 4.79 Å².